The second-order valence-corrected chi connectivity index (χ2v) is 5.93. The van der Waals surface area contributed by atoms with Crippen LogP contribution < -0.4 is 10.6 Å². The van der Waals surface area contributed by atoms with E-state index in [1.807, 2.05) is 0 Å². The molecule has 0 aliphatic heterocycles. The fraction of sp³-hybridized carbons (Fsp3) is 0.118. The van der Waals surface area contributed by atoms with E-state index in [9.17, 15) is 9.59 Å². The zero-order valence-corrected chi connectivity index (χ0v) is 14.4. The summed E-state index contributed by atoms with van der Waals surface area (Å²) in [6, 6.07) is 11.8. The average molecular weight is 363 g/mol. The second kappa shape index (κ2) is 7.90. The number of hydrogen-bond donors (Lipinski definition) is 3. The van der Waals surface area contributed by atoms with E-state index in [1.165, 1.54) is 6.07 Å². The molecular weight excluding hydrogens is 348 g/mol. The molecule has 0 aromatic heterocycles. The molecule has 0 spiro atoms. The number of hydrogen-bond acceptors (Lipinski definition) is 3. The minimum Gasteiger partial charge on any atom is -0.478 e. The normalized spacial score (nSPS) is 10.1. The zero-order chi connectivity index (χ0) is 17.7. The number of anilines is 1. The molecule has 24 heavy (non-hydrogen) atoms. The minimum atomic E-state index is -1.02. The van der Waals surface area contributed by atoms with Crippen LogP contribution in [0.15, 0.2) is 42.5 Å². The summed E-state index contributed by atoms with van der Waals surface area (Å²) >= 11 is 10.9. The Morgan fingerprint density at radius 3 is 2.46 bits per heavy atom. The summed E-state index contributed by atoms with van der Waals surface area (Å²) < 4.78 is 0. The lowest BCUT2D eigenvalue weighted by molar-refractivity contribution is -0.119. The lowest BCUT2D eigenvalue weighted by atomic mass is 10.1. The lowest BCUT2D eigenvalue weighted by Gasteiger charge is -2.13. The second-order valence-electron chi connectivity index (χ2n) is 5.09. The Kier molecular flexibility index (Phi) is 5.89. The summed E-state index contributed by atoms with van der Waals surface area (Å²) in [5.41, 5.74) is 2.06. The average Bonchev–Trinajstić information content (AvgIpc) is 2.51. The zero-order valence-electron chi connectivity index (χ0n) is 12.8. The van der Waals surface area contributed by atoms with Gasteiger partial charge in [-0.05, 0) is 54.5 Å². The van der Waals surface area contributed by atoms with Crippen LogP contribution in [0.2, 0.25) is 5.02 Å². The molecule has 0 fully saturated rings. The Morgan fingerprint density at radius 2 is 1.83 bits per heavy atom. The molecule has 124 valence electrons. The quantitative estimate of drug-likeness (QED) is 0.726. The van der Waals surface area contributed by atoms with Crippen LogP contribution in [-0.4, -0.2) is 22.1 Å². The van der Waals surface area contributed by atoms with Crippen molar-refractivity contribution in [2.75, 3.05) is 5.32 Å². The fourth-order valence-corrected chi connectivity index (χ4v) is 2.46. The molecule has 2 rings (SSSR count). The summed E-state index contributed by atoms with van der Waals surface area (Å²) in [4.78, 5) is 23.1. The van der Waals surface area contributed by atoms with E-state index >= 15 is 0 Å². The molecule has 0 aliphatic carbocycles. The van der Waals surface area contributed by atoms with Gasteiger partial charge in [-0.1, -0.05) is 29.8 Å². The monoisotopic (exact) mass is 362 g/mol. The maximum absolute atomic E-state index is 12.0. The van der Waals surface area contributed by atoms with E-state index in [2.05, 4.69) is 10.6 Å². The first kappa shape index (κ1) is 17.9. The van der Waals surface area contributed by atoms with Crippen molar-refractivity contribution in [1.29, 1.82) is 0 Å². The van der Waals surface area contributed by atoms with Crippen molar-refractivity contribution >= 4 is 46.5 Å². The topological polar surface area (TPSA) is 78.4 Å². The molecule has 0 unspecified atom stereocenters. The van der Waals surface area contributed by atoms with Crippen molar-refractivity contribution in [1.82, 2.24) is 5.32 Å². The van der Waals surface area contributed by atoms with Crippen LogP contribution in [0.5, 0.6) is 0 Å². The fourth-order valence-electron chi connectivity index (χ4n) is 2.11. The highest BCUT2D eigenvalue weighted by molar-refractivity contribution is 7.80. The maximum atomic E-state index is 12.0. The van der Waals surface area contributed by atoms with Crippen molar-refractivity contribution < 1.29 is 14.7 Å². The highest BCUT2D eigenvalue weighted by Gasteiger charge is 2.12. The maximum Gasteiger partial charge on any atom is 0.336 e. The van der Waals surface area contributed by atoms with Gasteiger partial charge in [0.15, 0.2) is 5.11 Å². The number of amides is 1. The predicted molar refractivity (Wildman–Crippen MR) is 97.7 cm³/mol. The molecule has 0 atom stereocenters. The molecule has 5 nitrogen and oxygen atoms in total. The number of carbonyl (C=O) groups is 2. The van der Waals surface area contributed by atoms with Gasteiger partial charge >= 0.3 is 5.97 Å². The first-order chi connectivity index (χ1) is 11.4. The van der Waals surface area contributed by atoms with Crippen molar-refractivity contribution in [3.05, 3.63) is 64.2 Å². The molecular formula is C17H15ClN2O3S. The number of nitrogens with one attached hydrogen (secondary N) is 2. The Morgan fingerprint density at radius 1 is 1.17 bits per heavy atom. The van der Waals surface area contributed by atoms with Gasteiger partial charge in [0.1, 0.15) is 0 Å². The van der Waals surface area contributed by atoms with Crippen LogP contribution in [0.25, 0.3) is 0 Å². The van der Waals surface area contributed by atoms with E-state index < -0.39 is 5.97 Å². The van der Waals surface area contributed by atoms with Gasteiger partial charge in [0.25, 0.3) is 0 Å². The van der Waals surface area contributed by atoms with Crippen LogP contribution in [0.1, 0.15) is 21.5 Å². The van der Waals surface area contributed by atoms with Gasteiger partial charge in [0.05, 0.1) is 12.0 Å². The molecule has 2 aromatic carbocycles. The van der Waals surface area contributed by atoms with Gasteiger partial charge < -0.3 is 15.7 Å². The van der Waals surface area contributed by atoms with Crippen molar-refractivity contribution in [2.24, 2.45) is 0 Å². The van der Waals surface area contributed by atoms with Gasteiger partial charge in [0, 0.05) is 10.7 Å². The van der Waals surface area contributed by atoms with Crippen LogP contribution in [-0.2, 0) is 11.2 Å². The smallest absolute Gasteiger partial charge is 0.336 e. The first-order valence-electron chi connectivity index (χ1n) is 7.05. The highest BCUT2D eigenvalue weighted by Crippen LogP contribution is 2.18. The van der Waals surface area contributed by atoms with E-state index in [-0.39, 0.29) is 23.0 Å². The molecule has 0 aliphatic rings. The molecule has 0 heterocycles. The lowest BCUT2D eigenvalue weighted by Crippen LogP contribution is -2.35. The minimum absolute atomic E-state index is 0.111. The largest absolute Gasteiger partial charge is 0.478 e. The highest BCUT2D eigenvalue weighted by atomic mass is 35.5. The number of carboxylic acids is 1. The van der Waals surface area contributed by atoms with E-state index in [0.29, 0.717) is 16.3 Å². The molecule has 0 bridgehead atoms. The van der Waals surface area contributed by atoms with Crippen LogP contribution in [0.3, 0.4) is 0 Å². The summed E-state index contributed by atoms with van der Waals surface area (Å²) in [6.07, 6.45) is 0.160. The predicted octanol–water partition coefficient (Wildman–Crippen LogP) is 3.40. The van der Waals surface area contributed by atoms with Gasteiger partial charge in [-0.3, -0.25) is 4.79 Å². The van der Waals surface area contributed by atoms with Gasteiger partial charge in [0.2, 0.25) is 5.91 Å². The molecule has 0 radical (unpaired) electrons. The molecule has 3 N–H and O–H groups in total. The van der Waals surface area contributed by atoms with Crippen molar-refractivity contribution in [3.63, 3.8) is 0 Å². The van der Waals surface area contributed by atoms with Crippen LogP contribution >= 0.6 is 23.8 Å². The Balaban J connectivity index is 1.98. The van der Waals surface area contributed by atoms with Gasteiger partial charge in [-0.15, -0.1) is 0 Å². The summed E-state index contributed by atoms with van der Waals surface area (Å²) in [5.74, 6) is -1.30. The number of rotatable bonds is 4. The van der Waals surface area contributed by atoms with E-state index in [4.69, 9.17) is 28.9 Å². The summed E-state index contributed by atoms with van der Waals surface area (Å²) in [5, 5.41) is 15.2. The number of benzene rings is 2. The first-order valence-corrected chi connectivity index (χ1v) is 7.83. The molecule has 1 amide bonds. The molecule has 2 aromatic rings. The third-order valence-electron chi connectivity index (χ3n) is 3.34. The Hall–Kier alpha value is -2.44. The number of aromatic carboxylic acids is 1. The third kappa shape index (κ3) is 4.78. The Bertz CT molecular complexity index is 791. The SMILES string of the molecule is Cc1c(NC(=S)NC(=O)Cc2ccc(Cl)cc2)cccc1C(=O)O. The van der Waals surface area contributed by atoms with Gasteiger partial charge in [-0.25, -0.2) is 4.79 Å². The van der Waals surface area contributed by atoms with E-state index in [0.717, 1.165) is 5.56 Å². The standard InChI is InChI=1S/C17H15ClN2O3S/c1-10-13(16(22)23)3-2-4-14(10)19-17(24)20-15(21)9-11-5-7-12(18)8-6-11/h2-8H,9H2,1H3,(H,22,23)(H2,19,20,21,24). The Labute approximate surface area is 149 Å². The van der Waals surface area contributed by atoms with Gasteiger partial charge in [-0.2, -0.15) is 0 Å². The summed E-state index contributed by atoms with van der Waals surface area (Å²) in [7, 11) is 0. The summed E-state index contributed by atoms with van der Waals surface area (Å²) in [6.45, 7) is 1.67. The number of carboxylic acid groups (broad SMARTS) is 1. The molecule has 0 saturated carbocycles. The van der Waals surface area contributed by atoms with Crippen molar-refractivity contribution in [2.45, 2.75) is 13.3 Å². The van der Waals surface area contributed by atoms with Crippen LogP contribution in [0, 0.1) is 6.92 Å². The number of carbonyl (C=O) groups excluding carboxylic acids is 1. The molecule has 7 heteroatoms. The third-order valence-corrected chi connectivity index (χ3v) is 3.80. The van der Waals surface area contributed by atoms with Crippen LogP contribution in [0.4, 0.5) is 5.69 Å². The number of thiocarbonyl (C=S) groups is 1. The number of halogens is 1. The van der Waals surface area contributed by atoms with E-state index in [1.54, 1.807) is 43.3 Å². The van der Waals surface area contributed by atoms with Crippen molar-refractivity contribution in [3.8, 4) is 0 Å². The molecule has 0 saturated heterocycles.